The van der Waals surface area contributed by atoms with Crippen molar-refractivity contribution in [2.75, 3.05) is 6.54 Å². The molecule has 21 heavy (non-hydrogen) atoms. The van der Waals surface area contributed by atoms with Gasteiger partial charge in [0.05, 0.1) is 5.75 Å². The molecule has 4 nitrogen and oxygen atoms in total. The van der Waals surface area contributed by atoms with Crippen molar-refractivity contribution < 1.29 is 8.42 Å². The largest absolute Gasteiger partial charge is 0.389 e. The summed E-state index contributed by atoms with van der Waals surface area (Å²) in [5, 5.41) is 0. The van der Waals surface area contributed by atoms with Crippen molar-refractivity contribution in [3.8, 4) is 0 Å². The van der Waals surface area contributed by atoms with Gasteiger partial charge in [0, 0.05) is 18.2 Å². The van der Waals surface area contributed by atoms with Crippen LogP contribution in [0.5, 0.6) is 0 Å². The van der Waals surface area contributed by atoms with Gasteiger partial charge in [0.1, 0.15) is 4.99 Å². The van der Waals surface area contributed by atoms with Gasteiger partial charge >= 0.3 is 0 Å². The van der Waals surface area contributed by atoms with Crippen molar-refractivity contribution in [3.63, 3.8) is 0 Å². The fourth-order valence-corrected chi connectivity index (χ4v) is 4.95. The lowest BCUT2D eigenvalue weighted by atomic mass is 10.0. The number of rotatable bonds is 5. The normalized spacial score (nSPS) is 20.0. The van der Waals surface area contributed by atoms with Gasteiger partial charge in [-0.05, 0) is 30.4 Å². The number of nitrogens with two attached hydrogens (primary N) is 1. The molecule has 1 saturated heterocycles. The van der Waals surface area contributed by atoms with Gasteiger partial charge in [0.2, 0.25) is 10.0 Å². The van der Waals surface area contributed by atoms with Crippen LogP contribution in [0.15, 0.2) is 24.3 Å². The third-order valence-corrected chi connectivity index (χ3v) is 6.04. The van der Waals surface area contributed by atoms with Gasteiger partial charge in [-0.15, -0.1) is 0 Å². The van der Waals surface area contributed by atoms with Crippen LogP contribution in [-0.4, -0.2) is 30.3 Å². The first kappa shape index (κ1) is 16.4. The number of sulfonamides is 1. The Morgan fingerprint density at radius 3 is 2.81 bits per heavy atom. The van der Waals surface area contributed by atoms with E-state index in [1.807, 2.05) is 0 Å². The van der Waals surface area contributed by atoms with E-state index < -0.39 is 10.0 Å². The molecular weight excluding hydrogens is 304 g/mol. The van der Waals surface area contributed by atoms with Crippen LogP contribution in [0.3, 0.4) is 0 Å². The van der Waals surface area contributed by atoms with Gasteiger partial charge in [-0.25, -0.2) is 8.42 Å². The van der Waals surface area contributed by atoms with E-state index in [0.717, 1.165) is 18.4 Å². The van der Waals surface area contributed by atoms with Crippen LogP contribution in [0.25, 0.3) is 0 Å². The minimum Gasteiger partial charge on any atom is -0.389 e. The van der Waals surface area contributed by atoms with Gasteiger partial charge in [-0.1, -0.05) is 44.3 Å². The monoisotopic (exact) mass is 326 g/mol. The zero-order valence-electron chi connectivity index (χ0n) is 12.5. The van der Waals surface area contributed by atoms with Gasteiger partial charge in [-0.2, -0.15) is 4.31 Å². The zero-order chi connectivity index (χ0) is 15.6. The molecule has 0 saturated carbocycles. The summed E-state index contributed by atoms with van der Waals surface area (Å²) in [6.07, 6.45) is 1.89. The number of hydrogen-bond donors (Lipinski definition) is 1. The molecule has 1 aliphatic rings. The smallest absolute Gasteiger partial charge is 0.218 e. The van der Waals surface area contributed by atoms with E-state index in [-0.39, 0.29) is 16.8 Å². The molecule has 1 aromatic rings. The highest BCUT2D eigenvalue weighted by Gasteiger charge is 2.35. The molecule has 1 atom stereocenters. The molecule has 2 N–H and O–H groups in total. The van der Waals surface area contributed by atoms with E-state index in [2.05, 4.69) is 13.8 Å². The number of benzene rings is 1. The minimum absolute atomic E-state index is 0.00662. The molecule has 116 valence electrons. The van der Waals surface area contributed by atoms with Gasteiger partial charge in [0.25, 0.3) is 0 Å². The summed E-state index contributed by atoms with van der Waals surface area (Å²) in [4.78, 5) is 0.287. The maximum absolute atomic E-state index is 12.7. The summed E-state index contributed by atoms with van der Waals surface area (Å²) >= 11 is 4.94. The van der Waals surface area contributed by atoms with Crippen LogP contribution in [0, 0.1) is 5.92 Å². The summed E-state index contributed by atoms with van der Waals surface area (Å²) in [6, 6.07) is 7.28. The van der Waals surface area contributed by atoms with E-state index in [4.69, 9.17) is 18.0 Å². The molecular formula is C15H22N2O2S2. The number of nitrogens with zero attached hydrogens (tertiary/aromatic N) is 1. The predicted molar refractivity (Wildman–Crippen MR) is 89.5 cm³/mol. The zero-order valence-corrected chi connectivity index (χ0v) is 14.1. The average Bonchev–Trinajstić information content (AvgIpc) is 2.88. The van der Waals surface area contributed by atoms with Crippen molar-refractivity contribution in [2.45, 2.75) is 38.5 Å². The van der Waals surface area contributed by atoms with Crippen LogP contribution < -0.4 is 5.73 Å². The van der Waals surface area contributed by atoms with Crippen molar-refractivity contribution in [2.24, 2.45) is 11.7 Å². The molecule has 1 aromatic carbocycles. The minimum atomic E-state index is -3.30. The van der Waals surface area contributed by atoms with Crippen LogP contribution in [0.1, 0.15) is 37.8 Å². The lowest BCUT2D eigenvalue weighted by Gasteiger charge is -2.27. The molecule has 0 aliphatic carbocycles. The fraction of sp³-hybridized carbons (Fsp3) is 0.533. The standard InChI is InChI=1S/C15H22N2O2S2/c1-11(2)14-7-4-8-17(14)21(18,19)10-12-5-3-6-13(9-12)15(16)20/h3,5-6,9,11,14H,4,7-8,10H2,1-2H3,(H2,16,20). The van der Waals surface area contributed by atoms with E-state index >= 15 is 0 Å². The van der Waals surface area contributed by atoms with Crippen LogP contribution in [0.4, 0.5) is 0 Å². The molecule has 1 fully saturated rings. The summed E-state index contributed by atoms with van der Waals surface area (Å²) in [5.41, 5.74) is 7.04. The summed E-state index contributed by atoms with van der Waals surface area (Å²) in [6.45, 7) is 4.78. The first-order valence-electron chi connectivity index (χ1n) is 7.19. The molecule has 0 amide bonds. The molecule has 0 radical (unpaired) electrons. The molecule has 0 spiro atoms. The first-order valence-corrected chi connectivity index (χ1v) is 9.21. The van der Waals surface area contributed by atoms with Crippen LogP contribution in [-0.2, 0) is 15.8 Å². The Morgan fingerprint density at radius 2 is 2.19 bits per heavy atom. The molecule has 6 heteroatoms. The molecule has 1 unspecified atom stereocenters. The number of thiocarbonyl (C=S) groups is 1. The Hall–Kier alpha value is -0.980. The van der Waals surface area contributed by atoms with E-state index in [0.29, 0.717) is 18.0 Å². The molecule has 0 bridgehead atoms. The fourth-order valence-electron chi connectivity index (χ4n) is 2.89. The van der Waals surface area contributed by atoms with Gasteiger partial charge in [-0.3, -0.25) is 0 Å². The second-order valence-corrected chi connectivity index (χ2v) is 8.25. The Balaban J connectivity index is 2.21. The average molecular weight is 326 g/mol. The third-order valence-electron chi connectivity index (χ3n) is 3.94. The summed E-state index contributed by atoms with van der Waals surface area (Å²) in [7, 11) is -3.30. The second-order valence-electron chi connectivity index (χ2n) is 5.89. The summed E-state index contributed by atoms with van der Waals surface area (Å²) in [5.74, 6) is 0.345. The highest BCUT2D eigenvalue weighted by molar-refractivity contribution is 7.88. The lowest BCUT2D eigenvalue weighted by molar-refractivity contribution is 0.315. The van der Waals surface area contributed by atoms with Crippen molar-refractivity contribution >= 4 is 27.2 Å². The second kappa shape index (κ2) is 6.42. The van der Waals surface area contributed by atoms with Crippen LogP contribution >= 0.6 is 12.2 Å². The Morgan fingerprint density at radius 1 is 1.48 bits per heavy atom. The molecule has 2 rings (SSSR count). The maximum atomic E-state index is 12.7. The topological polar surface area (TPSA) is 63.4 Å². The van der Waals surface area contributed by atoms with E-state index in [1.54, 1.807) is 28.6 Å². The Labute approximate surface area is 132 Å². The predicted octanol–water partition coefficient (Wildman–Crippen LogP) is 2.27. The van der Waals surface area contributed by atoms with Gasteiger partial charge in [0.15, 0.2) is 0 Å². The quantitative estimate of drug-likeness (QED) is 0.843. The van der Waals surface area contributed by atoms with Gasteiger partial charge < -0.3 is 5.73 Å². The van der Waals surface area contributed by atoms with Crippen LogP contribution in [0.2, 0.25) is 0 Å². The first-order chi connectivity index (χ1) is 9.81. The Kier molecular flexibility index (Phi) is 5.01. The van der Waals surface area contributed by atoms with E-state index in [1.165, 1.54) is 0 Å². The molecule has 1 heterocycles. The number of hydrogen-bond acceptors (Lipinski definition) is 3. The maximum Gasteiger partial charge on any atom is 0.218 e. The Bertz CT molecular complexity index is 626. The third kappa shape index (κ3) is 3.81. The molecule has 1 aliphatic heterocycles. The van der Waals surface area contributed by atoms with Crippen molar-refractivity contribution in [1.82, 2.24) is 4.31 Å². The SMILES string of the molecule is CC(C)C1CCCN1S(=O)(=O)Cc1cccc(C(N)=S)c1. The highest BCUT2D eigenvalue weighted by atomic mass is 32.2. The van der Waals surface area contributed by atoms with Crippen molar-refractivity contribution in [3.05, 3.63) is 35.4 Å². The van der Waals surface area contributed by atoms with E-state index in [9.17, 15) is 8.42 Å². The lowest BCUT2D eigenvalue weighted by Crippen LogP contribution is -2.39. The summed E-state index contributed by atoms with van der Waals surface area (Å²) < 4.78 is 27.0. The highest BCUT2D eigenvalue weighted by Crippen LogP contribution is 2.28. The molecule has 0 aromatic heterocycles. The van der Waals surface area contributed by atoms with Crippen molar-refractivity contribution in [1.29, 1.82) is 0 Å².